The Labute approximate surface area is 106 Å². The predicted octanol–water partition coefficient (Wildman–Crippen LogP) is 2.27. The Balaban J connectivity index is 2.05. The molecule has 18 heavy (non-hydrogen) atoms. The fraction of sp³-hybridized carbons (Fsp3) is 0.214. The molecule has 0 fully saturated rings. The molecule has 94 valence electrons. The number of hydrogen-bond donors (Lipinski definition) is 1. The zero-order valence-electron chi connectivity index (χ0n) is 10.5. The second-order valence-electron chi connectivity index (χ2n) is 4.27. The van der Waals surface area contributed by atoms with Gasteiger partial charge in [0.2, 0.25) is 0 Å². The summed E-state index contributed by atoms with van der Waals surface area (Å²) in [6, 6.07) is 9.43. The molecule has 4 heteroatoms. The highest BCUT2D eigenvalue weighted by Gasteiger charge is 2.12. The van der Waals surface area contributed by atoms with Crippen molar-refractivity contribution in [1.82, 2.24) is 4.57 Å². The second kappa shape index (κ2) is 4.96. The molecule has 4 nitrogen and oxygen atoms in total. The Morgan fingerprint density at radius 1 is 1.39 bits per heavy atom. The lowest BCUT2D eigenvalue weighted by atomic mass is 10.1. The minimum atomic E-state index is -0.363. The van der Waals surface area contributed by atoms with Crippen LogP contribution >= 0.6 is 0 Å². The molecule has 0 atom stereocenters. The van der Waals surface area contributed by atoms with Gasteiger partial charge in [-0.15, -0.1) is 0 Å². The molecule has 0 aliphatic carbocycles. The van der Waals surface area contributed by atoms with Crippen molar-refractivity contribution < 1.29 is 9.53 Å². The summed E-state index contributed by atoms with van der Waals surface area (Å²) in [5, 5.41) is 0. The minimum absolute atomic E-state index is 0.274. The maximum Gasteiger partial charge on any atom is 0.355 e. The molecule has 0 aliphatic heterocycles. The van der Waals surface area contributed by atoms with Gasteiger partial charge in [0.25, 0.3) is 0 Å². The van der Waals surface area contributed by atoms with Gasteiger partial charge in [-0.1, -0.05) is 24.3 Å². The Hall–Kier alpha value is -2.23. The molecular weight excluding hydrogens is 228 g/mol. The van der Waals surface area contributed by atoms with E-state index < -0.39 is 0 Å². The number of benzene rings is 1. The normalized spacial score (nSPS) is 10.3. The number of nitrogens with zero attached hydrogens (tertiary/aromatic N) is 1. The summed E-state index contributed by atoms with van der Waals surface area (Å²) in [5.74, 6) is -0.363. The number of nitrogens with two attached hydrogens (primary N) is 1. The Morgan fingerprint density at radius 3 is 2.72 bits per heavy atom. The smallest absolute Gasteiger partial charge is 0.355 e. The topological polar surface area (TPSA) is 57.2 Å². The van der Waals surface area contributed by atoms with Crippen molar-refractivity contribution in [2.45, 2.75) is 13.5 Å². The van der Waals surface area contributed by atoms with E-state index in [1.807, 2.05) is 31.2 Å². The lowest BCUT2D eigenvalue weighted by Gasteiger charge is -2.07. The van der Waals surface area contributed by atoms with Gasteiger partial charge in [0.1, 0.15) is 12.3 Å². The van der Waals surface area contributed by atoms with E-state index in [-0.39, 0.29) is 12.6 Å². The maximum atomic E-state index is 11.9. The van der Waals surface area contributed by atoms with Gasteiger partial charge in [0, 0.05) is 13.2 Å². The molecule has 0 saturated carbocycles. The summed E-state index contributed by atoms with van der Waals surface area (Å²) in [6.45, 7) is 2.26. The van der Waals surface area contributed by atoms with E-state index in [1.54, 1.807) is 23.9 Å². The number of nitrogen functional groups attached to an aromatic ring is 1. The second-order valence-corrected chi connectivity index (χ2v) is 4.27. The third kappa shape index (κ3) is 2.53. The minimum Gasteiger partial charge on any atom is -0.456 e. The highest BCUT2D eigenvalue weighted by atomic mass is 16.5. The largest absolute Gasteiger partial charge is 0.456 e. The molecule has 0 radical (unpaired) electrons. The highest BCUT2D eigenvalue weighted by molar-refractivity contribution is 5.89. The van der Waals surface area contributed by atoms with Crippen molar-refractivity contribution in [2.75, 3.05) is 5.73 Å². The van der Waals surface area contributed by atoms with Crippen molar-refractivity contribution >= 4 is 11.7 Å². The molecule has 0 saturated heterocycles. The first-order valence-electron chi connectivity index (χ1n) is 5.71. The van der Waals surface area contributed by atoms with Gasteiger partial charge in [0.15, 0.2) is 0 Å². The number of carbonyl (C=O) groups excluding carboxylic acids is 1. The lowest BCUT2D eigenvalue weighted by molar-refractivity contribution is 0.0461. The van der Waals surface area contributed by atoms with Gasteiger partial charge in [-0.25, -0.2) is 4.79 Å². The molecule has 0 spiro atoms. The summed E-state index contributed by atoms with van der Waals surface area (Å²) in [5.41, 5.74) is 8.75. The standard InChI is InChI=1S/C14H16N2O2/c1-10-5-3-4-6-11(10)9-18-14(17)13-7-12(15)8-16(13)2/h3-8H,9,15H2,1-2H3. The van der Waals surface area contributed by atoms with E-state index in [2.05, 4.69) is 0 Å². The van der Waals surface area contributed by atoms with Gasteiger partial charge in [0.05, 0.1) is 5.69 Å². The molecule has 0 unspecified atom stereocenters. The molecule has 2 rings (SSSR count). The fourth-order valence-corrected chi connectivity index (χ4v) is 1.78. The number of rotatable bonds is 3. The maximum absolute atomic E-state index is 11.9. The summed E-state index contributed by atoms with van der Waals surface area (Å²) in [6.07, 6.45) is 1.68. The van der Waals surface area contributed by atoms with Crippen LogP contribution in [0.5, 0.6) is 0 Å². The molecular formula is C14H16N2O2. The average Bonchev–Trinajstić information content (AvgIpc) is 2.67. The van der Waals surface area contributed by atoms with Gasteiger partial charge in [-0.2, -0.15) is 0 Å². The van der Waals surface area contributed by atoms with Crippen molar-refractivity contribution in [1.29, 1.82) is 0 Å². The SMILES string of the molecule is Cc1ccccc1COC(=O)c1cc(N)cn1C. The fourth-order valence-electron chi connectivity index (χ4n) is 1.78. The van der Waals surface area contributed by atoms with Crippen molar-refractivity contribution in [2.24, 2.45) is 7.05 Å². The van der Waals surface area contributed by atoms with Crippen LogP contribution in [0.2, 0.25) is 0 Å². The van der Waals surface area contributed by atoms with E-state index in [4.69, 9.17) is 10.5 Å². The van der Waals surface area contributed by atoms with Crippen LogP contribution in [0.25, 0.3) is 0 Å². The van der Waals surface area contributed by atoms with Gasteiger partial charge >= 0.3 is 5.97 Å². The van der Waals surface area contributed by atoms with Crippen LogP contribution < -0.4 is 5.73 Å². The van der Waals surface area contributed by atoms with E-state index in [1.165, 1.54) is 0 Å². The zero-order chi connectivity index (χ0) is 13.1. The van der Waals surface area contributed by atoms with Crippen molar-refractivity contribution in [3.8, 4) is 0 Å². The molecule has 1 heterocycles. The number of hydrogen-bond acceptors (Lipinski definition) is 3. The number of carbonyl (C=O) groups is 1. The summed E-state index contributed by atoms with van der Waals surface area (Å²) >= 11 is 0. The van der Waals surface area contributed by atoms with E-state index in [9.17, 15) is 4.79 Å². The van der Waals surface area contributed by atoms with Crippen molar-refractivity contribution in [3.63, 3.8) is 0 Å². The number of ether oxygens (including phenoxy) is 1. The third-order valence-corrected chi connectivity index (χ3v) is 2.86. The lowest BCUT2D eigenvalue weighted by Crippen LogP contribution is -2.09. The number of anilines is 1. The first-order valence-corrected chi connectivity index (χ1v) is 5.71. The highest BCUT2D eigenvalue weighted by Crippen LogP contribution is 2.13. The Morgan fingerprint density at radius 2 is 2.11 bits per heavy atom. The molecule has 2 N–H and O–H groups in total. The van der Waals surface area contributed by atoms with E-state index in [0.717, 1.165) is 11.1 Å². The van der Waals surface area contributed by atoms with Crippen LogP contribution in [0.3, 0.4) is 0 Å². The molecule has 1 aromatic heterocycles. The first-order chi connectivity index (χ1) is 8.58. The number of esters is 1. The van der Waals surface area contributed by atoms with E-state index >= 15 is 0 Å². The van der Waals surface area contributed by atoms with Crippen LogP contribution in [0, 0.1) is 6.92 Å². The van der Waals surface area contributed by atoms with Crippen LogP contribution in [-0.2, 0) is 18.4 Å². The zero-order valence-corrected chi connectivity index (χ0v) is 10.5. The Kier molecular flexibility index (Phi) is 3.37. The molecule has 0 bridgehead atoms. The van der Waals surface area contributed by atoms with Gasteiger partial charge in [-0.3, -0.25) is 0 Å². The van der Waals surface area contributed by atoms with Crippen molar-refractivity contribution in [3.05, 3.63) is 53.3 Å². The number of aryl methyl sites for hydroxylation is 2. The number of aromatic nitrogens is 1. The van der Waals surface area contributed by atoms with Gasteiger partial charge < -0.3 is 15.0 Å². The van der Waals surface area contributed by atoms with Crippen LogP contribution in [-0.4, -0.2) is 10.5 Å². The molecule has 2 aromatic rings. The Bertz CT molecular complexity index is 573. The van der Waals surface area contributed by atoms with Crippen LogP contribution in [0.15, 0.2) is 36.5 Å². The average molecular weight is 244 g/mol. The predicted molar refractivity (Wildman–Crippen MR) is 70.1 cm³/mol. The molecule has 1 aromatic carbocycles. The molecule has 0 amide bonds. The van der Waals surface area contributed by atoms with Gasteiger partial charge in [-0.05, 0) is 24.1 Å². The first kappa shape index (κ1) is 12.2. The van der Waals surface area contributed by atoms with Crippen LogP contribution in [0.1, 0.15) is 21.6 Å². The summed E-state index contributed by atoms with van der Waals surface area (Å²) in [4.78, 5) is 11.9. The quantitative estimate of drug-likeness (QED) is 0.843. The molecule has 0 aliphatic rings. The monoisotopic (exact) mass is 244 g/mol. The summed E-state index contributed by atoms with van der Waals surface area (Å²) in [7, 11) is 1.76. The van der Waals surface area contributed by atoms with Crippen LogP contribution in [0.4, 0.5) is 5.69 Å². The summed E-state index contributed by atoms with van der Waals surface area (Å²) < 4.78 is 6.94. The third-order valence-electron chi connectivity index (χ3n) is 2.86. The van der Waals surface area contributed by atoms with E-state index in [0.29, 0.717) is 11.4 Å².